The van der Waals surface area contributed by atoms with Gasteiger partial charge >= 0.3 is 0 Å². The Morgan fingerprint density at radius 2 is 1.80 bits per heavy atom. The first-order valence-corrected chi connectivity index (χ1v) is 13.4. The monoisotopic (exact) mass is 582 g/mol. The molecule has 1 spiro atoms. The van der Waals surface area contributed by atoms with Crippen LogP contribution in [0.1, 0.15) is 49.8 Å². The second-order valence-electron chi connectivity index (χ2n) is 11.4. The van der Waals surface area contributed by atoms with E-state index in [1.165, 1.54) is 24.3 Å². The minimum Gasteiger partial charge on any atom is -0.325 e. The van der Waals surface area contributed by atoms with E-state index in [4.69, 9.17) is 28.5 Å². The van der Waals surface area contributed by atoms with Crippen molar-refractivity contribution >= 4 is 46.4 Å². The Morgan fingerprint density at radius 3 is 2.45 bits per heavy atom. The largest absolute Gasteiger partial charge is 0.325 e. The molecule has 0 unspecified atom stereocenters. The SMILES string of the molecule is CC(C)(C)C[C@@H]1N[C@@H](C(=O)Nc2ccc(C#N)cc2)[C@H](c2cccc(Cl)c2F)[C@]12C(=O)Nc1cc(Cl)c(F)cc12. The second kappa shape index (κ2) is 10.2. The highest BCUT2D eigenvalue weighted by Crippen LogP contribution is 2.57. The van der Waals surface area contributed by atoms with E-state index >= 15 is 4.39 Å². The number of rotatable bonds is 4. The number of fused-ring (bicyclic) bond motifs is 2. The third-order valence-electron chi connectivity index (χ3n) is 7.58. The minimum atomic E-state index is -1.58. The van der Waals surface area contributed by atoms with Crippen LogP contribution in [-0.4, -0.2) is 23.9 Å². The molecule has 10 heteroatoms. The van der Waals surface area contributed by atoms with Gasteiger partial charge in [0.15, 0.2) is 0 Å². The lowest BCUT2D eigenvalue weighted by molar-refractivity contribution is -0.122. The highest BCUT2D eigenvalue weighted by Gasteiger charge is 2.66. The number of nitrogens with zero attached hydrogens (tertiary/aromatic N) is 1. The fourth-order valence-electron chi connectivity index (χ4n) is 6.01. The van der Waals surface area contributed by atoms with Crippen LogP contribution in [0.5, 0.6) is 0 Å². The molecule has 0 saturated carbocycles. The summed E-state index contributed by atoms with van der Waals surface area (Å²) in [6.07, 6.45) is 0.392. The van der Waals surface area contributed by atoms with Crippen molar-refractivity contribution in [2.24, 2.45) is 5.41 Å². The summed E-state index contributed by atoms with van der Waals surface area (Å²) in [6, 6.07) is 13.4. The first-order valence-electron chi connectivity index (χ1n) is 12.7. The zero-order valence-corrected chi connectivity index (χ0v) is 23.4. The van der Waals surface area contributed by atoms with Crippen LogP contribution >= 0.6 is 23.2 Å². The van der Waals surface area contributed by atoms with Gasteiger partial charge in [-0.25, -0.2) is 8.78 Å². The molecule has 3 aromatic carbocycles. The molecule has 0 aliphatic carbocycles. The summed E-state index contributed by atoms with van der Waals surface area (Å²) in [5, 5.41) is 17.7. The van der Waals surface area contributed by atoms with E-state index in [-0.39, 0.29) is 21.0 Å². The molecule has 5 rings (SSSR count). The van der Waals surface area contributed by atoms with E-state index in [0.717, 1.165) is 0 Å². The lowest BCUT2D eigenvalue weighted by Gasteiger charge is -2.37. The zero-order valence-electron chi connectivity index (χ0n) is 21.9. The number of hydrogen-bond donors (Lipinski definition) is 3. The van der Waals surface area contributed by atoms with Crippen LogP contribution in [0, 0.1) is 28.4 Å². The number of halogens is 4. The quantitative estimate of drug-likeness (QED) is 0.326. The number of anilines is 2. The number of nitrogens with one attached hydrogen (secondary N) is 3. The molecule has 2 aliphatic heterocycles. The van der Waals surface area contributed by atoms with Crippen LogP contribution in [0.15, 0.2) is 54.6 Å². The summed E-state index contributed by atoms with van der Waals surface area (Å²) < 4.78 is 30.8. The first-order chi connectivity index (χ1) is 18.9. The van der Waals surface area contributed by atoms with E-state index in [0.29, 0.717) is 28.9 Å². The van der Waals surface area contributed by atoms with Gasteiger partial charge in [0.25, 0.3) is 0 Å². The van der Waals surface area contributed by atoms with Crippen LogP contribution in [0.4, 0.5) is 20.2 Å². The van der Waals surface area contributed by atoms with Gasteiger partial charge in [-0.15, -0.1) is 0 Å². The van der Waals surface area contributed by atoms with Crippen molar-refractivity contribution < 1.29 is 18.4 Å². The Kier molecular flexibility index (Phi) is 7.11. The topological polar surface area (TPSA) is 94.0 Å². The van der Waals surface area contributed by atoms with Crippen molar-refractivity contribution in [3.8, 4) is 6.07 Å². The molecule has 206 valence electrons. The van der Waals surface area contributed by atoms with Crippen molar-refractivity contribution in [2.75, 3.05) is 10.6 Å². The maximum atomic E-state index is 15.8. The smallest absolute Gasteiger partial charge is 0.242 e. The van der Waals surface area contributed by atoms with Crippen molar-refractivity contribution in [3.63, 3.8) is 0 Å². The Hall–Kier alpha value is -3.51. The maximum Gasteiger partial charge on any atom is 0.242 e. The highest BCUT2D eigenvalue weighted by molar-refractivity contribution is 6.31. The molecule has 0 bridgehead atoms. The van der Waals surface area contributed by atoms with E-state index in [9.17, 15) is 14.0 Å². The van der Waals surface area contributed by atoms with Crippen LogP contribution in [0.3, 0.4) is 0 Å². The number of hydrogen-bond acceptors (Lipinski definition) is 4. The molecule has 4 atom stereocenters. The molecule has 2 heterocycles. The van der Waals surface area contributed by atoms with E-state index < -0.39 is 46.9 Å². The molecule has 3 aromatic rings. The molecule has 0 aromatic heterocycles. The zero-order chi connectivity index (χ0) is 29.0. The summed E-state index contributed by atoms with van der Waals surface area (Å²) in [6.45, 7) is 5.95. The molecule has 1 saturated heterocycles. The highest BCUT2D eigenvalue weighted by atomic mass is 35.5. The lowest BCUT2D eigenvalue weighted by atomic mass is 9.62. The van der Waals surface area contributed by atoms with Gasteiger partial charge in [-0.1, -0.05) is 56.1 Å². The standard InChI is InChI=1S/C30H26Cl2F2N4O2/c1-29(2,3)13-23-30(18-11-21(33)20(32)12-22(18)37-28(30)40)24(17-5-4-6-19(31)25(17)34)26(38-23)27(39)36-16-9-7-15(14-35)8-10-16/h4-12,23-24,26,38H,13H2,1-3H3,(H,36,39)(H,37,40)/t23-,24-,26+,30+/m0/s1. The number of carbonyl (C=O) groups is 2. The number of amides is 2. The van der Waals surface area contributed by atoms with Gasteiger partial charge in [-0.3, -0.25) is 9.59 Å². The van der Waals surface area contributed by atoms with Gasteiger partial charge in [0.2, 0.25) is 11.8 Å². The van der Waals surface area contributed by atoms with Crippen LogP contribution in [-0.2, 0) is 15.0 Å². The van der Waals surface area contributed by atoms with Crippen molar-refractivity contribution in [1.29, 1.82) is 5.26 Å². The van der Waals surface area contributed by atoms with Crippen molar-refractivity contribution in [1.82, 2.24) is 5.32 Å². The third kappa shape index (κ3) is 4.62. The molecule has 6 nitrogen and oxygen atoms in total. The average Bonchev–Trinajstić information content (AvgIpc) is 3.36. The fraction of sp³-hybridized carbons (Fsp3) is 0.300. The Balaban J connectivity index is 1.73. The second-order valence-corrected chi connectivity index (χ2v) is 12.2. The molecular weight excluding hydrogens is 557 g/mol. The van der Waals surface area contributed by atoms with Crippen molar-refractivity contribution in [3.05, 3.63) is 93.0 Å². The Morgan fingerprint density at radius 1 is 1.10 bits per heavy atom. The normalized spacial score (nSPS) is 23.6. The number of benzene rings is 3. The molecule has 0 radical (unpaired) electrons. The van der Waals surface area contributed by atoms with Gasteiger partial charge in [0.1, 0.15) is 17.0 Å². The third-order valence-corrected chi connectivity index (χ3v) is 8.16. The van der Waals surface area contributed by atoms with Crippen LogP contribution < -0.4 is 16.0 Å². The van der Waals surface area contributed by atoms with Gasteiger partial charge in [0, 0.05) is 23.3 Å². The molecule has 1 fully saturated rings. The lowest BCUT2D eigenvalue weighted by Crippen LogP contribution is -2.49. The van der Waals surface area contributed by atoms with Gasteiger partial charge in [0.05, 0.1) is 27.7 Å². The number of nitriles is 1. The molecular formula is C30H26Cl2F2N4O2. The van der Waals surface area contributed by atoms with E-state index in [1.807, 2.05) is 26.8 Å². The van der Waals surface area contributed by atoms with Gasteiger partial charge in [-0.2, -0.15) is 5.26 Å². The van der Waals surface area contributed by atoms with Gasteiger partial charge in [-0.05, 0) is 65.4 Å². The summed E-state index contributed by atoms with van der Waals surface area (Å²) in [7, 11) is 0. The average molecular weight is 583 g/mol. The predicted octanol–water partition coefficient (Wildman–Crippen LogP) is 6.53. The first kappa shape index (κ1) is 28.0. The van der Waals surface area contributed by atoms with Crippen LogP contribution in [0.2, 0.25) is 10.0 Å². The summed E-state index contributed by atoms with van der Waals surface area (Å²) in [5.74, 6) is -3.64. The van der Waals surface area contributed by atoms with Crippen molar-refractivity contribution in [2.45, 2.75) is 50.6 Å². The molecule has 3 N–H and O–H groups in total. The molecule has 40 heavy (non-hydrogen) atoms. The maximum absolute atomic E-state index is 15.8. The predicted molar refractivity (Wildman–Crippen MR) is 150 cm³/mol. The number of carbonyl (C=O) groups excluding carboxylic acids is 2. The molecule has 2 aliphatic rings. The van der Waals surface area contributed by atoms with Crippen LogP contribution in [0.25, 0.3) is 0 Å². The summed E-state index contributed by atoms with van der Waals surface area (Å²) in [5.41, 5.74) is -0.439. The summed E-state index contributed by atoms with van der Waals surface area (Å²) in [4.78, 5) is 28.0. The Bertz CT molecular complexity index is 1570. The van der Waals surface area contributed by atoms with E-state index in [2.05, 4.69) is 16.0 Å². The summed E-state index contributed by atoms with van der Waals surface area (Å²) >= 11 is 12.3. The van der Waals surface area contributed by atoms with Gasteiger partial charge < -0.3 is 16.0 Å². The molecule has 2 amide bonds. The Labute approximate surface area is 240 Å². The minimum absolute atomic E-state index is 0.0507. The van der Waals surface area contributed by atoms with E-state index in [1.54, 1.807) is 30.3 Å². The fourth-order valence-corrected chi connectivity index (χ4v) is 6.36.